The summed E-state index contributed by atoms with van der Waals surface area (Å²) in [5.41, 5.74) is 1.05. The zero-order chi connectivity index (χ0) is 10.6. The molecule has 1 aromatic rings. The molecule has 1 aromatic carbocycles. The van der Waals surface area contributed by atoms with Crippen molar-refractivity contribution in [3.8, 4) is 5.75 Å². The van der Waals surface area contributed by atoms with Crippen LogP contribution in [0.25, 0.3) is 0 Å². The van der Waals surface area contributed by atoms with E-state index in [1.807, 2.05) is 25.1 Å². The standard InChI is InChI=1S/C11H13ClO2/c1-8(7-13)5-9-3-4-11(14-2)10(12)6-9/h3-4,6-8H,5H2,1-2H3. The quantitative estimate of drug-likeness (QED) is 0.718. The number of hydrogen-bond donors (Lipinski definition) is 0. The molecule has 0 fully saturated rings. The summed E-state index contributed by atoms with van der Waals surface area (Å²) in [6, 6.07) is 5.57. The predicted octanol–water partition coefficient (Wildman–Crippen LogP) is 2.73. The van der Waals surface area contributed by atoms with Crippen LogP contribution in [0, 0.1) is 5.92 Å². The fourth-order valence-corrected chi connectivity index (χ4v) is 1.54. The lowest BCUT2D eigenvalue weighted by Gasteiger charge is -2.07. The Labute approximate surface area is 88.8 Å². The van der Waals surface area contributed by atoms with Gasteiger partial charge < -0.3 is 9.53 Å². The molecule has 0 N–H and O–H groups in total. The molecule has 76 valence electrons. The summed E-state index contributed by atoms with van der Waals surface area (Å²) in [4.78, 5) is 10.5. The van der Waals surface area contributed by atoms with E-state index in [0.29, 0.717) is 17.2 Å². The van der Waals surface area contributed by atoms with E-state index >= 15 is 0 Å². The van der Waals surface area contributed by atoms with Gasteiger partial charge in [0.15, 0.2) is 0 Å². The van der Waals surface area contributed by atoms with E-state index in [9.17, 15) is 4.79 Å². The first-order valence-corrected chi connectivity index (χ1v) is 4.83. The Morgan fingerprint density at radius 3 is 2.79 bits per heavy atom. The van der Waals surface area contributed by atoms with Gasteiger partial charge in [0.05, 0.1) is 12.1 Å². The summed E-state index contributed by atoms with van der Waals surface area (Å²) in [6.07, 6.45) is 1.66. The van der Waals surface area contributed by atoms with E-state index in [2.05, 4.69) is 0 Å². The van der Waals surface area contributed by atoms with Gasteiger partial charge in [-0.05, 0) is 24.1 Å². The van der Waals surface area contributed by atoms with Gasteiger partial charge in [-0.1, -0.05) is 24.6 Å². The van der Waals surface area contributed by atoms with Crippen molar-refractivity contribution in [3.05, 3.63) is 28.8 Å². The predicted molar refractivity (Wildman–Crippen MR) is 56.9 cm³/mol. The topological polar surface area (TPSA) is 26.3 Å². The minimum Gasteiger partial charge on any atom is -0.495 e. The maximum atomic E-state index is 10.5. The maximum absolute atomic E-state index is 10.5. The molecule has 0 bridgehead atoms. The number of benzene rings is 1. The highest BCUT2D eigenvalue weighted by Crippen LogP contribution is 2.25. The molecule has 14 heavy (non-hydrogen) atoms. The summed E-state index contributed by atoms with van der Waals surface area (Å²) in [6.45, 7) is 1.88. The Hall–Kier alpha value is -1.02. The van der Waals surface area contributed by atoms with Gasteiger partial charge in [0.2, 0.25) is 0 Å². The number of halogens is 1. The molecule has 1 unspecified atom stereocenters. The maximum Gasteiger partial charge on any atom is 0.137 e. The lowest BCUT2D eigenvalue weighted by atomic mass is 10.0. The van der Waals surface area contributed by atoms with Crippen LogP contribution < -0.4 is 4.74 Å². The molecule has 1 rings (SSSR count). The molecule has 0 heterocycles. The second kappa shape index (κ2) is 5.01. The molecule has 0 saturated carbocycles. The van der Waals surface area contributed by atoms with Gasteiger partial charge in [0.1, 0.15) is 12.0 Å². The van der Waals surface area contributed by atoms with Gasteiger partial charge in [-0.2, -0.15) is 0 Å². The Morgan fingerprint density at radius 2 is 2.29 bits per heavy atom. The SMILES string of the molecule is COc1ccc(CC(C)C=O)cc1Cl. The number of carbonyl (C=O) groups excluding carboxylic acids is 1. The molecule has 0 amide bonds. The van der Waals surface area contributed by atoms with Crippen molar-refractivity contribution in [2.24, 2.45) is 5.92 Å². The van der Waals surface area contributed by atoms with Gasteiger partial charge in [-0.3, -0.25) is 0 Å². The number of rotatable bonds is 4. The van der Waals surface area contributed by atoms with Crippen LogP contribution in [-0.4, -0.2) is 13.4 Å². The molecule has 0 aliphatic rings. The van der Waals surface area contributed by atoms with E-state index in [-0.39, 0.29) is 5.92 Å². The Balaban J connectivity index is 2.80. The Morgan fingerprint density at radius 1 is 1.57 bits per heavy atom. The lowest BCUT2D eigenvalue weighted by molar-refractivity contribution is -0.110. The molecule has 0 aliphatic carbocycles. The molecule has 0 saturated heterocycles. The third-order valence-corrected chi connectivity index (χ3v) is 2.30. The first-order chi connectivity index (χ1) is 6.67. The summed E-state index contributed by atoms with van der Waals surface area (Å²) in [5, 5.41) is 0.586. The minimum absolute atomic E-state index is 0.0273. The number of aldehydes is 1. The Bertz CT molecular complexity index is 323. The molecule has 0 aliphatic heterocycles. The fraction of sp³-hybridized carbons (Fsp3) is 0.364. The van der Waals surface area contributed by atoms with Gasteiger partial charge in [-0.15, -0.1) is 0 Å². The molecule has 0 spiro atoms. The Kier molecular flexibility index (Phi) is 3.96. The third-order valence-electron chi connectivity index (χ3n) is 2.01. The van der Waals surface area contributed by atoms with Crippen molar-refractivity contribution < 1.29 is 9.53 Å². The molecule has 3 heteroatoms. The largest absolute Gasteiger partial charge is 0.495 e. The first-order valence-electron chi connectivity index (χ1n) is 4.45. The van der Waals surface area contributed by atoms with E-state index in [4.69, 9.17) is 16.3 Å². The van der Waals surface area contributed by atoms with E-state index < -0.39 is 0 Å². The van der Waals surface area contributed by atoms with Crippen molar-refractivity contribution in [1.29, 1.82) is 0 Å². The van der Waals surface area contributed by atoms with E-state index in [1.54, 1.807) is 7.11 Å². The van der Waals surface area contributed by atoms with Crippen molar-refractivity contribution in [1.82, 2.24) is 0 Å². The second-order valence-corrected chi connectivity index (χ2v) is 3.69. The molecule has 1 atom stereocenters. The molecule has 0 radical (unpaired) electrons. The van der Waals surface area contributed by atoms with Gasteiger partial charge in [0.25, 0.3) is 0 Å². The van der Waals surface area contributed by atoms with Crippen LogP contribution in [0.1, 0.15) is 12.5 Å². The zero-order valence-electron chi connectivity index (χ0n) is 8.29. The smallest absolute Gasteiger partial charge is 0.137 e. The van der Waals surface area contributed by atoms with Gasteiger partial charge in [-0.25, -0.2) is 0 Å². The van der Waals surface area contributed by atoms with Crippen molar-refractivity contribution in [2.75, 3.05) is 7.11 Å². The molecule has 2 nitrogen and oxygen atoms in total. The van der Waals surface area contributed by atoms with Crippen molar-refractivity contribution in [3.63, 3.8) is 0 Å². The molecular weight excluding hydrogens is 200 g/mol. The highest BCUT2D eigenvalue weighted by atomic mass is 35.5. The molecular formula is C11H13ClO2. The van der Waals surface area contributed by atoms with E-state index in [0.717, 1.165) is 11.8 Å². The zero-order valence-corrected chi connectivity index (χ0v) is 9.04. The van der Waals surface area contributed by atoms with Gasteiger partial charge >= 0.3 is 0 Å². The average molecular weight is 213 g/mol. The first kappa shape index (κ1) is 11.1. The van der Waals surface area contributed by atoms with E-state index in [1.165, 1.54) is 0 Å². The number of methoxy groups -OCH3 is 1. The third kappa shape index (κ3) is 2.74. The normalized spacial score (nSPS) is 12.2. The number of ether oxygens (including phenoxy) is 1. The van der Waals surface area contributed by atoms with Crippen LogP contribution >= 0.6 is 11.6 Å². The minimum atomic E-state index is 0.0273. The van der Waals surface area contributed by atoms with Crippen LogP contribution in [0.5, 0.6) is 5.75 Å². The lowest BCUT2D eigenvalue weighted by Crippen LogP contribution is -2.00. The summed E-state index contributed by atoms with van der Waals surface area (Å²) in [5.74, 6) is 0.689. The highest BCUT2D eigenvalue weighted by Gasteiger charge is 2.05. The number of hydrogen-bond acceptors (Lipinski definition) is 2. The van der Waals surface area contributed by atoms with Gasteiger partial charge in [0, 0.05) is 5.92 Å². The summed E-state index contributed by atoms with van der Waals surface area (Å²) >= 11 is 5.94. The van der Waals surface area contributed by atoms with Crippen molar-refractivity contribution >= 4 is 17.9 Å². The summed E-state index contributed by atoms with van der Waals surface area (Å²) < 4.78 is 5.03. The monoisotopic (exact) mass is 212 g/mol. The summed E-state index contributed by atoms with van der Waals surface area (Å²) in [7, 11) is 1.58. The average Bonchev–Trinajstić information content (AvgIpc) is 2.18. The fourth-order valence-electron chi connectivity index (χ4n) is 1.26. The molecule has 0 aromatic heterocycles. The van der Waals surface area contributed by atoms with Crippen LogP contribution in [0.15, 0.2) is 18.2 Å². The van der Waals surface area contributed by atoms with Crippen molar-refractivity contribution in [2.45, 2.75) is 13.3 Å². The van der Waals surface area contributed by atoms with Crippen LogP contribution in [0.3, 0.4) is 0 Å². The second-order valence-electron chi connectivity index (χ2n) is 3.29. The van der Waals surface area contributed by atoms with Crippen LogP contribution in [0.4, 0.5) is 0 Å². The number of carbonyl (C=O) groups is 1. The van der Waals surface area contributed by atoms with Crippen LogP contribution in [0.2, 0.25) is 5.02 Å². The van der Waals surface area contributed by atoms with Crippen LogP contribution in [-0.2, 0) is 11.2 Å². The highest BCUT2D eigenvalue weighted by molar-refractivity contribution is 6.32.